The van der Waals surface area contributed by atoms with Crippen molar-refractivity contribution in [1.29, 1.82) is 0 Å². The van der Waals surface area contributed by atoms with Crippen molar-refractivity contribution in [3.8, 4) is 0 Å². The molecule has 0 amide bonds. The van der Waals surface area contributed by atoms with E-state index in [1.807, 2.05) is 12.1 Å². The van der Waals surface area contributed by atoms with E-state index in [9.17, 15) is 8.42 Å². The molecule has 88 valence electrons. The molecule has 1 N–H and O–H groups in total. The van der Waals surface area contributed by atoms with Crippen LogP contribution >= 0.6 is 0 Å². The fraction of sp³-hybridized carbons (Fsp3) is 0.500. The van der Waals surface area contributed by atoms with E-state index in [0.29, 0.717) is 17.7 Å². The highest BCUT2D eigenvalue weighted by atomic mass is 32.2. The second-order valence-electron chi connectivity index (χ2n) is 4.18. The van der Waals surface area contributed by atoms with Gasteiger partial charge in [-0.3, -0.25) is 0 Å². The monoisotopic (exact) mass is 240 g/mol. The molecule has 1 fully saturated rings. The zero-order valence-electron chi connectivity index (χ0n) is 9.09. The van der Waals surface area contributed by atoms with Crippen molar-refractivity contribution in [2.75, 3.05) is 6.61 Å². The summed E-state index contributed by atoms with van der Waals surface area (Å²) < 4.78 is 24.2. The molecule has 3 nitrogen and oxygen atoms in total. The summed E-state index contributed by atoms with van der Waals surface area (Å²) >= 11 is 0. The fourth-order valence-electron chi connectivity index (χ4n) is 1.82. The molecule has 0 bridgehead atoms. The molecule has 0 unspecified atom stereocenters. The Balaban J connectivity index is 2.32. The normalized spacial score (nSPS) is 16.3. The lowest BCUT2D eigenvalue weighted by atomic mass is 10.1. The Bertz CT molecular complexity index is 461. The van der Waals surface area contributed by atoms with Crippen LogP contribution in [-0.2, 0) is 16.3 Å². The van der Waals surface area contributed by atoms with Gasteiger partial charge in [0.1, 0.15) is 0 Å². The van der Waals surface area contributed by atoms with Gasteiger partial charge in [-0.15, -0.1) is 0 Å². The van der Waals surface area contributed by atoms with Crippen LogP contribution in [-0.4, -0.2) is 25.4 Å². The Morgan fingerprint density at radius 3 is 2.56 bits per heavy atom. The minimum atomic E-state index is -3.11. The van der Waals surface area contributed by atoms with E-state index >= 15 is 0 Å². The second-order valence-corrected chi connectivity index (χ2v) is 6.38. The van der Waals surface area contributed by atoms with Crippen LogP contribution in [0.15, 0.2) is 29.2 Å². The SMILES string of the molecule is O=S(=O)(c1ccccc1CCCO)C1CC1. The standard InChI is InChI=1S/C12H16O3S/c13-9-3-5-10-4-1-2-6-12(10)16(14,15)11-7-8-11/h1-2,4,6,11,13H,3,5,7-9H2. The number of aryl methyl sites for hydroxylation is 1. The van der Waals surface area contributed by atoms with Gasteiger partial charge in [0, 0.05) is 6.61 Å². The van der Waals surface area contributed by atoms with Crippen molar-refractivity contribution >= 4 is 9.84 Å². The van der Waals surface area contributed by atoms with Crippen LogP contribution in [0.2, 0.25) is 0 Å². The van der Waals surface area contributed by atoms with Gasteiger partial charge in [0.2, 0.25) is 0 Å². The van der Waals surface area contributed by atoms with E-state index in [4.69, 9.17) is 5.11 Å². The number of sulfone groups is 1. The molecule has 1 aromatic rings. The fourth-order valence-corrected chi connectivity index (χ4v) is 3.73. The van der Waals surface area contributed by atoms with Crippen molar-refractivity contribution in [1.82, 2.24) is 0 Å². The summed E-state index contributed by atoms with van der Waals surface area (Å²) in [5, 5.41) is 8.63. The lowest BCUT2D eigenvalue weighted by Crippen LogP contribution is -2.10. The second kappa shape index (κ2) is 4.55. The molecular formula is C12H16O3S. The van der Waals surface area contributed by atoms with Crippen LogP contribution in [0.4, 0.5) is 0 Å². The first-order valence-corrected chi connectivity index (χ1v) is 7.13. The summed E-state index contributed by atoms with van der Waals surface area (Å²) in [7, 11) is -3.11. The topological polar surface area (TPSA) is 54.4 Å². The smallest absolute Gasteiger partial charge is 0.181 e. The molecule has 1 aromatic carbocycles. The van der Waals surface area contributed by atoms with Gasteiger partial charge in [0.05, 0.1) is 10.1 Å². The van der Waals surface area contributed by atoms with Crippen molar-refractivity contribution in [3.63, 3.8) is 0 Å². The maximum Gasteiger partial charge on any atom is 0.181 e. The van der Waals surface area contributed by atoms with Crippen molar-refractivity contribution < 1.29 is 13.5 Å². The molecule has 0 saturated heterocycles. The summed E-state index contributed by atoms with van der Waals surface area (Å²) in [4.78, 5) is 0.464. The lowest BCUT2D eigenvalue weighted by Gasteiger charge is -2.09. The molecule has 0 spiro atoms. The van der Waals surface area contributed by atoms with Gasteiger partial charge in [0.15, 0.2) is 9.84 Å². The molecule has 0 aliphatic heterocycles. The van der Waals surface area contributed by atoms with E-state index in [-0.39, 0.29) is 11.9 Å². The van der Waals surface area contributed by atoms with E-state index in [1.165, 1.54) is 0 Å². The molecule has 2 rings (SSSR count). The van der Waals surface area contributed by atoms with Crippen LogP contribution in [0, 0.1) is 0 Å². The van der Waals surface area contributed by atoms with E-state index < -0.39 is 9.84 Å². The Labute approximate surface area is 96.0 Å². The summed E-state index contributed by atoms with van der Waals surface area (Å²) in [6, 6.07) is 7.13. The third-order valence-electron chi connectivity index (χ3n) is 2.85. The summed E-state index contributed by atoms with van der Waals surface area (Å²) in [6.07, 6.45) is 2.81. The Hall–Kier alpha value is -0.870. The third kappa shape index (κ3) is 2.28. The highest BCUT2D eigenvalue weighted by Gasteiger charge is 2.37. The molecule has 16 heavy (non-hydrogen) atoms. The maximum atomic E-state index is 12.1. The van der Waals surface area contributed by atoms with Gasteiger partial charge in [0.25, 0.3) is 0 Å². The minimum absolute atomic E-state index is 0.0951. The van der Waals surface area contributed by atoms with Crippen LogP contribution in [0.25, 0.3) is 0 Å². The molecule has 0 aromatic heterocycles. The highest BCUT2D eigenvalue weighted by Crippen LogP contribution is 2.34. The van der Waals surface area contributed by atoms with Crippen LogP contribution < -0.4 is 0 Å². The molecule has 1 aliphatic carbocycles. The first-order chi connectivity index (χ1) is 7.66. The summed E-state index contributed by atoms with van der Waals surface area (Å²) in [6.45, 7) is 0.0951. The first kappa shape index (κ1) is 11.6. The molecule has 1 aliphatic rings. The van der Waals surface area contributed by atoms with Gasteiger partial charge < -0.3 is 5.11 Å². The number of aliphatic hydroxyl groups excluding tert-OH is 1. The van der Waals surface area contributed by atoms with Gasteiger partial charge in [-0.2, -0.15) is 0 Å². The zero-order chi connectivity index (χ0) is 11.6. The van der Waals surface area contributed by atoms with E-state index in [2.05, 4.69) is 0 Å². The van der Waals surface area contributed by atoms with Gasteiger partial charge in [-0.05, 0) is 37.3 Å². The largest absolute Gasteiger partial charge is 0.396 e. The molecular weight excluding hydrogens is 224 g/mol. The number of benzene rings is 1. The molecule has 4 heteroatoms. The number of hydrogen-bond acceptors (Lipinski definition) is 3. The Morgan fingerprint density at radius 2 is 1.94 bits per heavy atom. The van der Waals surface area contributed by atoms with Crippen LogP contribution in [0.3, 0.4) is 0 Å². The van der Waals surface area contributed by atoms with Gasteiger partial charge in [-0.1, -0.05) is 18.2 Å². The molecule has 1 saturated carbocycles. The predicted molar refractivity (Wildman–Crippen MR) is 62.1 cm³/mol. The maximum absolute atomic E-state index is 12.1. The lowest BCUT2D eigenvalue weighted by molar-refractivity contribution is 0.288. The van der Waals surface area contributed by atoms with Crippen LogP contribution in [0.5, 0.6) is 0 Å². The van der Waals surface area contributed by atoms with Crippen molar-refractivity contribution in [2.45, 2.75) is 35.8 Å². The first-order valence-electron chi connectivity index (χ1n) is 5.59. The quantitative estimate of drug-likeness (QED) is 0.849. The Kier molecular flexibility index (Phi) is 3.30. The average Bonchev–Trinajstić information content (AvgIpc) is 3.10. The predicted octanol–water partition coefficient (Wildman–Crippen LogP) is 1.55. The Morgan fingerprint density at radius 1 is 1.25 bits per heavy atom. The number of aliphatic hydroxyl groups is 1. The van der Waals surface area contributed by atoms with Gasteiger partial charge in [-0.25, -0.2) is 8.42 Å². The van der Waals surface area contributed by atoms with Crippen molar-refractivity contribution in [2.24, 2.45) is 0 Å². The number of hydrogen-bond donors (Lipinski definition) is 1. The molecule has 0 radical (unpaired) electrons. The molecule has 0 atom stereocenters. The highest BCUT2D eigenvalue weighted by molar-refractivity contribution is 7.92. The summed E-state index contributed by atoms with van der Waals surface area (Å²) in [5.41, 5.74) is 0.837. The zero-order valence-corrected chi connectivity index (χ0v) is 9.91. The van der Waals surface area contributed by atoms with E-state index in [0.717, 1.165) is 18.4 Å². The van der Waals surface area contributed by atoms with Crippen LogP contribution in [0.1, 0.15) is 24.8 Å². The average molecular weight is 240 g/mol. The van der Waals surface area contributed by atoms with E-state index in [1.54, 1.807) is 12.1 Å². The van der Waals surface area contributed by atoms with Gasteiger partial charge >= 0.3 is 0 Å². The summed E-state index contributed by atoms with van der Waals surface area (Å²) in [5.74, 6) is 0. The molecule has 0 heterocycles. The minimum Gasteiger partial charge on any atom is -0.396 e. The third-order valence-corrected chi connectivity index (χ3v) is 5.21. The number of rotatable bonds is 5. The van der Waals surface area contributed by atoms with Crippen molar-refractivity contribution in [3.05, 3.63) is 29.8 Å².